The summed E-state index contributed by atoms with van der Waals surface area (Å²) < 4.78 is 20.1. The monoisotopic (exact) mass is 431 g/mol. The highest BCUT2D eigenvalue weighted by Crippen LogP contribution is 2.22. The lowest BCUT2D eigenvalue weighted by Gasteiger charge is -2.14. The molecule has 2 aromatic heterocycles. The number of benzene rings is 1. The van der Waals surface area contributed by atoms with Crippen molar-refractivity contribution in [3.05, 3.63) is 59.6 Å². The molecule has 2 heterocycles. The molecule has 0 aliphatic heterocycles. The van der Waals surface area contributed by atoms with Gasteiger partial charge in [0.1, 0.15) is 5.82 Å². The summed E-state index contributed by atoms with van der Waals surface area (Å²) in [5.41, 5.74) is 1.21. The highest BCUT2D eigenvalue weighted by molar-refractivity contribution is 7.99. The molecule has 2 N–H and O–H groups in total. The summed E-state index contributed by atoms with van der Waals surface area (Å²) in [6.07, 6.45) is 1.43. The van der Waals surface area contributed by atoms with Crippen LogP contribution >= 0.6 is 11.8 Å². The summed E-state index contributed by atoms with van der Waals surface area (Å²) in [5.74, 6) is -0.0251. The molecule has 0 saturated carbocycles. The van der Waals surface area contributed by atoms with Gasteiger partial charge in [0.05, 0.1) is 18.1 Å². The van der Waals surface area contributed by atoms with Crippen LogP contribution in [-0.4, -0.2) is 32.3 Å². The Balaban J connectivity index is 1.62. The molecule has 8 nitrogen and oxygen atoms in total. The molecule has 0 fully saturated rings. The van der Waals surface area contributed by atoms with Crippen LogP contribution < -0.4 is 10.6 Å². The third-order valence-electron chi connectivity index (χ3n) is 4.34. The Morgan fingerprint density at radius 2 is 2.10 bits per heavy atom. The Kier molecular flexibility index (Phi) is 6.88. The van der Waals surface area contributed by atoms with Crippen LogP contribution in [-0.2, 0) is 11.3 Å². The number of furan rings is 1. The summed E-state index contributed by atoms with van der Waals surface area (Å²) in [6, 6.07) is 7.01. The molecule has 0 aliphatic rings. The largest absolute Gasteiger partial charge is 0.459 e. The zero-order valence-corrected chi connectivity index (χ0v) is 17.6. The van der Waals surface area contributed by atoms with Gasteiger partial charge in [-0.05, 0) is 56.7 Å². The van der Waals surface area contributed by atoms with Gasteiger partial charge in [-0.2, -0.15) is 0 Å². The van der Waals surface area contributed by atoms with Crippen molar-refractivity contribution in [2.75, 3.05) is 11.1 Å². The fraction of sp³-hybridized carbons (Fsp3) is 0.300. The van der Waals surface area contributed by atoms with Crippen molar-refractivity contribution < 1.29 is 18.4 Å². The van der Waals surface area contributed by atoms with Crippen LogP contribution in [0.2, 0.25) is 0 Å². The number of carbonyl (C=O) groups excluding carboxylic acids is 2. The highest BCUT2D eigenvalue weighted by atomic mass is 32.2. The molecular weight excluding hydrogens is 409 g/mol. The predicted molar refractivity (Wildman–Crippen MR) is 111 cm³/mol. The summed E-state index contributed by atoms with van der Waals surface area (Å²) in [4.78, 5) is 24.5. The van der Waals surface area contributed by atoms with Crippen molar-refractivity contribution in [2.24, 2.45) is 0 Å². The SMILES string of the molecule is CCn1c(SCC(=O)Nc2ccc(F)cc2C)nnc1C(C)NC(=O)c1ccco1. The Morgan fingerprint density at radius 3 is 2.77 bits per heavy atom. The topological polar surface area (TPSA) is 102 Å². The van der Waals surface area contributed by atoms with Gasteiger partial charge in [-0.1, -0.05) is 11.8 Å². The van der Waals surface area contributed by atoms with Crippen molar-refractivity contribution in [1.29, 1.82) is 0 Å². The first-order chi connectivity index (χ1) is 14.4. The van der Waals surface area contributed by atoms with Crippen LogP contribution in [0.4, 0.5) is 10.1 Å². The van der Waals surface area contributed by atoms with Crippen LogP contribution in [0, 0.1) is 12.7 Å². The zero-order valence-electron chi connectivity index (χ0n) is 16.8. The number of halogens is 1. The third-order valence-corrected chi connectivity index (χ3v) is 5.30. The minimum absolute atomic E-state index is 0.113. The van der Waals surface area contributed by atoms with Gasteiger partial charge in [-0.25, -0.2) is 4.39 Å². The van der Waals surface area contributed by atoms with Gasteiger partial charge in [0.15, 0.2) is 16.7 Å². The van der Waals surface area contributed by atoms with Crippen LogP contribution in [0.5, 0.6) is 0 Å². The molecule has 158 valence electrons. The number of nitrogens with zero attached hydrogens (tertiary/aromatic N) is 3. The molecule has 0 spiro atoms. The minimum atomic E-state index is -0.403. The van der Waals surface area contributed by atoms with E-state index in [-0.39, 0.29) is 29.1 Å². The number of rotatable bonds is 8. The number of aromatic nitrogens is 3. The molecule has 1 atom stereocenters. The zero-order chi connectivity index (χ0) is 21.7. The standard InChI is InChI=1S/C20H22FN5O3S/c1-4-26-18(13(3)22-19(28)16-6-5-9-29-16)24-25-20(26)30-11-17(27)23-15-8-7-14(21)10-12(15)2/h5-10,13H,4,11H2,1-3H3,(H,22,28)(H,23,27). The minimum Gasteiger partial charge on any atom is -0.459 e. The first-order valence-electron chi connectivity index (χ1n) is 9.35. The first kappa shape index (κ1) is 21.6. The number of nitrogens with one attached hydrogen (secondary N) is 2. The maximum absolute atomic E-state index is 13.2. The second kappa shape index (κ2) is 9.57. The normalized spacial score (nSPS) is 11.9. The highest BCUT2D eigenvalue weighted by Gasteiger charge is 2.21. The lowest BCUT2D eigenvalue weighted by atomic mass is 10.2. The molecule has 0 aliphatic carbocycles. The Morgan fingerprint density at radius 1 is 1.30 bits per heavy atom. The Bertz CT molecular complexity index is 1040. The van der Waals surface area contributed by atoms with Gasteiger partial charge < -0.3 is 19.6 Å². The number of anilines is 1. The summed E-state index contributed by atoms with van der Waals surface area (Å²) in [7, 11) is 0. The molecular formula is C20H22FN5O3S. The van der Waals surface area contributed by atoms with E-state index in [4.69, 9.17) is 4.42 Å². The van der Waals surface area contributed by atoms with Gasteiger partial charge in [0, 0.05) is 12.2 Å². The average Bonchev–Trinajstić information content (AvgIpc) is 3.38. The van der Waals surface area contributed by atoms with E-state index in [1.165, 1.54) is 36.2 Å². The third kappa shape index (κ3) is 5.07. The van der Waals surface area contributed by atoms with Crippen molar-refractivity contribution in [3.8, 4) is 0 Å². The number of hydrogen-bond donors (Lipinski definition) is 2. The van der Waals surface area contributed by atoms with Crippen molar-refractivity contribution in [2.45, 2.75) is 38.5 Å². The maximum atomic E-state index is 13.2. The lowest BCUT2D eigenvalue weighted by Crippen LogP contribution is -2.28. The van der Waals surface area contributed by atoms with E-state index >= 15 is 0 Å². The quantitative estimate of drug-likeness (QED) is 0.529. The average molecular weight is 431 g/mol. The van der Waals surface area contributed by atoms with Crippen LogP contribution in [0.15, 0.2) is 46.2 Å². The van der Waals surface area contributed by atoms with Crippen LogP contribution in [0.1, 0.15) is 41.8 Å². The molecule has 2 amide bonds. The van der Waals surface area contributed by atoms with Crippen LogP contribution in [0.3, 0.4) is 0 Å². The smallest absolute Gasteiger partial charge is 0.287 e. The molecule has 0 bridgehead atoms. The molecule has 3 aromatic rings. The number of aryl methyl sites for hydroxylation is 1. The fourth-order valence-corrected chi connectivity index (χ4v) is 3.66. The summed E-state index contributed by atoms with van der Waals surface area (Å²) in [5, 5.41) is 14.5. The molecule has 3 rings (SSSR count). The molecule has 1 aromatic carbocycles. The number of hydrogen-bond acceptors (Lipinski definition) is 6. The molecule has 1 unspecified atom stereocenters. The molecule has 0 saturated heterocycles. The van der Waals surface area contributed by atoms with E-state index in [0.29, 0.717) is 28.8 Å². The van der Waals surface area contributed by atoms with E-state index in [9.17, 15) is 14.0 Å². The maximum Gasteiger partial charge on any atom is 0.287 e. The van der Waals surface area contributed by atoms with Gasteiger partial charge in [-0.15, -0.1) is 10.2 Å². The predicted octanol–water partition coefficient (Wildman–Crippen LogP) is 3.56. The number of thioether (sulfide) groups is 1. The van der Waals surface area contributed by atoms with E-state index in [1.54, 1.807) is 26.0 Å². The van der Waals surface area contributed by atoms with Crippen molar-refractivity contribution >= 4 is 29.3 Å². The number of amides is 2. The summed E-state index contributed by atoms with van der Waals surface area (Å²) in [6.45, 7) is 6.03. The second-order valence-corrected chi connectivity index (χ2v) is 7.50. The van der Waals surface area contributed by atoms with E-state index in [1.807, 2.05) is 11.5 Å². The van der Waals surface area contributed by atoms with E-state index in [0.717, 1.165) is 0 Å². The van der Waals surface area contributed by atoms with Crippen molar-refractivity contribution in [1.82, 2.24) is 20.1 Å². The van der Waals surface area contributed by atoms with Gasteiger partial charge in [-0.3, -0.25) is 9.59 Å². The van der Waals surface area contributed by atoms with Gasteiger partial charge in [0.2, 0.25) is 5.91 Å². The summed E-state index contributed by atoms with van der Waals surface area (Å²) >= 11 is 1.23. The lowest BCUT2D eigenvalue weighted by molar-refractivity contribution is -0.113. The van der Waals surface area contributed by atoms with Crippen LogP contribution in [0.25, 0.3) is 0 Å². The molecule has 10 heteroatoms. The molecule has 0 radical (unpaired) electrons. The van der Waals surface area contributed by atoms with Gasteiger partial charge >= 0.3 is 0 Å². The van der Waals surface area contributed by atoms with Crippen molar-refractivity contribution in [3.63, 3.8) is 0 Å². The Labute approximate surface area is 177 Å². The first-order valence-corrected chi connectivity index (χ1v) is 10.3. The van der Waals surface area contributed by atoms with E-state index in [2.05, 4.69) is 20.8 Å². The number of carbonyl (C=O) groups is 2. The van der Waals surface area contributed by atoms with E-state index < -0.39 is 6.04 Å². The fourth-order valence-electron chi connectivity index (χ4n) is 2.85. The molecule has 30 heavy (non-hydrogen) atoms. The van der Waals surface area contributed by atoms with Gasteiger partial charge in [0.25, 0.3) is 5.91 Å². The second-order valence-electron chi connectivity index (χ2n) is 6.55. The Hall–Kier alpha value is -3.14.